The average Bonchev–Trinajstić information content (AvgIpc) is 4.12. The predicted molar refractivity (Wildman–Crippen MR) is 254 cm³/mol. The predicted octanol–water partition coefficient (Wildman–Crippen LogP) is 12.4. The molecule has 2 saturated carbocycles. The Morgan fingerprint density at radius 3 is 1.15 bits per heavy atom. The van der Waals surface area contributed by atoms with Crippen molar-refractivity contribution < 1.29 is 57.6 Å². The van der Waals surface area contributed by atoms with Crippen LogP contribution in [-0.4, -0.2) is 47.0 Å². The average molecular weight is 927 g/mol. The number of benzene rings is 4. The molecule has 4 aromatic rings. The molecular weight excluding hydrogens is 865 g/mol. The number of carbonyl (C=O) groups excluding carboxylic acids is 8. The van der Waals surface area contributed by atoms with Gasteiger partial charge in [0.05, 0.1) is 34.1 Å². The molecule has 0 aliphatic heterocycles. The summed E-state index contributed by atoms with van der Waals surface area (Å²) in [5.74, 6) is -6.05. The van der Waals surface area contributed by atoms with Gasteiger partial charge in [0, 0.05) is 35.1 Å². The number of esters is 2. The third-order valence-electron chi connectivity index (χ3n) is 12.9. The van der Waals surface area contributed by atoms with E-state index in [1.807, 2.05) is 0 Å². The summed E-state index contributed by atoms with van der Waals surface area (Å²) in [4.78, 5) is 119. The van der Waals surface area contributed by atoms with Crippen LogP contribution in [0.25, 0.3) is 0 Å². The maximum atomic E-state index is 14.4. The minimum Gasteiger partial charge on any atom is -0.426 e. The molecule has 0 N–H and O–H groups in total. The molecule has 6 rings (SSSR count). The van der Waals surface area contributed by atoms with Crippen LogP contribution in [0.3, 0.4) is 0 Å². The van der Waals surface area contributed by atoms with E-state index in [2.05, 4.69) is 13.8 Å². The van der Waals surface area contributed by atoms with Crippen LogP contribution in [0.2, 0.25) is 0 Å². The van der Waals surface area contributed by atoms with Gasteiger partial charge < -0.3 is 9.47 Å². The van der Waals surface area contributed by atoms with Crippen LogP contribution in [0.5, 0.6) is 11.5 Å². The van der Waals surface area contributed by atoms with Gasteiger partial charge in [0.1, 0.15) is 11.5 Å². The lowest BCUT2D eigenvalue weighted by Crippen LogP contribution is -2.21. The van der Waals surface area contributed by atoms with Crippen LogP contribution < -0.4 is 9.47 Å². The minimum atomic E-state index is -1.23. The molecular formula is C56H62O12. The smallest absolute Gasteiger partial charge is 0.387 e. The zero-order valence-corrected chi connectivity index (χ0v) is 39.3. The van der Waals surface area contributed by atoms with E-state index in [-0.39, 0.29) is 92.3 Å². The molecule has 0 heterocycles. The van der Waals surface area contributed by atoms with Crippen molar-refractivity contribution in [3.63, 3.8) is 0 Å². The molecule has 358 valence electrons. The molecule has 2 aliphatic carbocycles. The Bertz CT molecular complexity index is 2300. The topological polar surface area (TPSA) is 173 Å². The second-order valence-electron chi connectivity index (χ2n) is 17.9. The normalized spacial score (nSPS) is 13.7. The molecule has 12 heteroatoms. The second-order valence-corrected chi connectivity index (χ2v) is 17.9. The van der Waals surface area contributed by atoms with Crippen molar-refractivity contribution >= 4 is 47.0 Å². The lowest BCUT2D eigenvalue weighted by molar-refractivity contribution is -0.187. The Morgan fingerprint density at radius 2 is 0.779 bits per heavy atom. The Labute approximate surface area is 398 Å². The Balaban J connectivity index is 1.22. The maximum Gasteiger partial charge on any atom is 0.387 e. The minimum absolute atomic E-state index is 0.0592. The van der Waals surface area contributed by atoms with Gasteiger partial charge in [-0.3, -0.25) is 28.8 Å². The number of Topliss-reactive ketones (excluding diaryl/α,β-unsaturated/α-hetero) is 2. The molecule has 0 radical (unpaired) electrons. The highest BCUT2D eigenvalue weighted by atomic mass is 17.2. The maximum absolute atomic E-state index is 14.4. The lowest BCUT2D eigenvalue weighted by atomic mass is 9.94. The van der Waals surface area contributed by atoms with Gasteiger partial charge in [-0.25, -0.2) is 19.4 Å². The molecule has 68 heavy (non-hydrogen) atoms. The summed E-state index contributed by atoms with van der Waals surface area (Å²) in [6, 6.07) is 20.0. The van der Waals surface area contributed by atoms with Gasteiger partial charge in [-0.1, -0.05) is 127 Å². The molecule has 0 spiro atoms. The summed E-state index contributed by atoms with van der Waals surface area (Å²) in [7, 11) is 0. The van der Waals surface area contributed by atoms with Gasteiger partial charge in [-0.05, 0) is 87.1 Å². The van der Waals surface area contributed by atoms with Gasteiger partial charge in [0.25, 0.3) is 0 Å². The summed E-state index contributed by atoms with van der Waals surface area (Å²) in [5, 5.41) is 0. The third kappa shape index (κ3) is 13.5. The fourth-order valence-electron chi connectivity index (χ4n) is 8.89. The first kappa shape index (κ1) is 50.8. The number of ether oxygens (including phenoxy) is 2. The first-order valence-electron chi connectivity index (χ1n) is 24.5. The van der Waals surface area contributed by atoms with E-state index in [1.165, 1.54) is 84.9 Å². The Kier molecular flexibility index (Phi) is 19.1. The number of carbonyl (C=O) groups is 8. The summed E-state index contributed by atoms with van der Waals surface area (Å²) in [5.41, 5.74) is -0.661. The van der Waals surface area contributed by atoms with Crippen LogP contribution >= 0.6 is 0 Å². The Hall–Kier alpha value is -6.56. The van der Waals surface area contributed by atoms with Gasteiger partial charge in [-0.15, -0.1) is 0 Å². The third-order valence-corrected chi connectivity index (χ3v) is 12.9. The summed E-state index contributed by atoms with van der Waals surface area (Å²) >= 11 is 0. The van der Waals surface area contributed by atoms with Crippen molar-refractivity contribution in [1.82, 2.24) is 0 Å². The van der Waals surface area contributed by atoms with Crippen LogP contribution in [0, 0.1) is 11.8 Å². The van der Waals surface area contributed by atoms with E-state index in [0.29, 0.717) is 38.5 Å². The molecule has 0 bridgehead atoms. The Morgan fingerprint density at radius 1 is 0.426 bits per heavy atom. The van der Waals surface area contributed by atoms with Crippen LogP contribution in [0.1, 0.15) is 216 Å². The molecule has 0 unspecified atom stereocenters. The van der Waals surface area contributed by atoms with E-state index < -0.39 is 35.4 Å². The van der Waals surface area contributed by atoms with Crippen LogP contribution in [0.4, 0.5) is 0 Å². The van der Waals surface area contributed by atoms with Gasteiger partial charge in [0.15, 0.2) is 23.1 Å². The fraction of sp³-hybridized carbons (Fsp3) is 0.429. The fourth-order valence-corrected chi connectivity index (χ4v) is 8.89. The van der Waals surface area contributed by atoms with Crippen molar-refractivity contribution in [2.75, 3.05) is 0 Å². The molecule has 0 aromatic heterocycles. The zero-order valence-electron chi connectivity index (χ0n) is 39.3. The largest absolute Gasteiger partial charge is 0.426 e. The number of unbranched alkanes of at least 4 members (excludes halogenated alkanes) is 8. The molecule has 2 aliphatic rings. The number of ketones is 4. The van der Waals surface area contributed by atoms with E-state index in [9.17, 15) is 38.4 Å². The second kappa shape index (κ2) is 25.5. The number of hydrogen-bond acceptors (Lipinski definition) is 12. The molecule has 12 nitrogen and oxygen atoms in total. The van der Waals surface area contributed by atoms with Crippen LogP contribution in [-0.2, 0) is 19.4 Å². The van der Waals surface area contributed by atoms with Crippen molar-refractivity contribution in [2.24, 2.45) is 11.8 Å². The van der Waals surface area contributed by atoms with Gasteiger partial charge in [0.2, 0.25) is 0 Å². The summed E-state index contributed by atoms with van der Waals surface area (Å²) in [6.07, 6.45) is 16.1. The monoisotopic (exact) mass is 926 g/mol. The van der Waals surface area contributed by atoms with Crippen molar-refractivity contribution in [3.8, 4) is 11.5 Å². The van der Waals surface area contributed by atoms with E-state index in [0.717, 1.165) is 77.0 Å². The molecule has 0 saturated heterocycles. The van der Waals surface area contributed by atoms with E-state index in [4.69, 9.17) is 19.2 Å². The quantitative estimate of drug-likeness (QED) is 0.0163. The van der Waals surface area contributed by atoms with Crippen molar-refractivity contribution in [3.05, 3.63) is 129 Å². The lowest BCUT2D eigenvalue weighted by Gasteiger charge is -2.15. The highest BCUT2D eigenvalue weighted by molar-refractivity contribution is 6.18. The van der Waals surface area contributed by atoms with Crippen molar-refractivity contribution in [2.45, 2.75) is 142 Å². The molecule has 4 aromatic carbocycles. The van der Waals surface area contributed by atoms with Crippen LogP contribution in [0.15, 0.2) is 84.9 Å². The summed E-state index contributed by atoms with van der Waals surface area (Å²) in [6.45, 7) is 4.22. The highest BCUT2D eigenvalue weighted by Crippen LogP contribution is 2.33. The first-order valence-corrected chi connectivity index (χ1v) is 24.5. The van der Waals surface area contributed by atoms with Crippen molar-refractivity contribution in [1.29, 1.82) is 0 Å². The molecule has 0 amide bonds. The van der Waals surface area contributed by atoms with Gasteiger partial charge in [-0.2, -0.15) is 0 Å². The molecule has 0 atom stereocenters. The first-order chi connectivity index (χ1) is 33.0. The molecule has 2 fully saturated rings. The highest BCUT2D eigenvalue weighted by Gasteiger charge is 2.31. The van der Waals surface area contributed by atoms with Gasteiger partial charge >= 0.3 is 23.9 Å². The van der Waals surface area contributed by atoms with E-state index >= 15 is 0 Å². The number of hydrogen-bond donors (Lipinski definition) is 0. The van der Waals surface area contributed by atoms with E-state index in [1.54, 1.807) is 0 Å². The zero-order chi connectivity index (χ0) is 48.4. The standard InChI is InChI=1S/C56H62O12/c1-3-5-7-9-11-29-47(57)39-31-33-49(65-53(61)37-21-13-14-22-37)45(35-39)51(59)41-25-17-19-27-43(41)55(63)67-68-56(64)44-28-20-18-26-42(44)52(60)46-36-40(48(58)30-12-10-8-6-4-2)32-34-50(46)66-54(62)38-23-15-16-24-38/h17-20,25-28,31-38H,3-16,21-24,29-30H2,1-2H3. The SMILES string of the molecule is CCCCCCCC(=O)c1ccc(OC(=O)C2CCCC2)c(C(=O)c2ccccc2C(=O)OOC(=O)c2ccccc2C(=O)c2cc(C(=O)CCCCCCC)ccc2OC(=O)C2CCCC2)c1. The summed E-state index contributed by atoms with van der Waals surface area (Å²) < 4.78 is 11.6. The number of rotatable bonds is 24.